The molecule has 14 heterocycles. The first-order valence-corrected chi connectivity index (χ1v) is 51.2. The van der Waals surface area contributed by atoms with Crippen LogP contribution in [0, 0.1) is 53.3 Å². The molecule has 16 rings (SSSR count). The van der Waals surface area contributed by atoms with Crippen LogP contribution in [-0.2, 0) is 89.4 Å². The number of piperazine rings is 2. The van der Waals surface area contributed by atoms with E-state index in [4.69, 9.17) is 108 Å². The molecular weight excluding hydrogens is 1870 g/mol. The number of hydrogen-bond acceptors (Lipinski definition) is 34. The molecule has 0 spiro atoms. The number of nitrogens with zero attached hydrogens (tertiary/aromatic N) is 11. The molecule has 756 valence electrons. The van der Waals surface area contributed by atoms with Gasteiger partial charge in [0.1, 0.15) is 17.1 Å². The molecule has 12 atom stereocenters. The molecule has 132 heavy (non-hydrogen) atoms. The molecule has 0 radical (unpaired) electrons. The van der Waals surface area contributed by atoms with E-state index < -0.39 is 165 Å². The lowest BCUT2D eigenvalue weighted by molar-refractivity contribution is -0.193. The summed E-state index contributed by atoms with van der Waals surface area (Å²) in [5, 5.41) is 108. The fraction of sp³-hybridized carbons (Fsp3) is 0.929. The first-order valence-electron chi connectivity index (χ1n) is 44.2. The number of carboxylic acid groups (broad SMARTS) is 2. The lowest BCUT2D eigenvalue weighted by atomic mass is 9.72. The minimum Gasteiger partial charge on any atom is -0.480 e. The van der Waals surface area contributed by atoms with Crippen molar-refractivity contribution in [2.45, 2.75) is 226 Å². The van der Waals surface area contributed by atoms with Crippen molar-refractivity contribution in [3.05, 3.63) is 0 Å². The maximum absolute atomic E-state index is 13.3. The van der Waals surface area contributed by atoms with Crippen molar-refractivity contribution >= 4 is 117 Å². The molecule has 22 N–H and O–H groups in total. The summed E-state index contributed by atoms with van der Waals surface area (Å²) >= 11 is 0. The first-order chi connectivity index (χ1) is 61.4. The first kappa shape index (κ1) is 116. The normalized spacial score (nSPS) is 31.5. The lowest BCUT2D eigenvalue weighted by Crippen LogP contribution is -2.69. The molecule has 0 aromatic heterocycles. The van der Waals surface area contributed by atoms with E-state index in [0.717, 1.165) is 73.2 Å². The number of fused-ring (bicyclic) bond motifs is 7. The van der Waals surface area contributed by atoms with Crippen molar-refractivity contribution in [2.75, 3.05) is 131 Å². The maximum Gasteiger partial charge on any atom is 0.451 e. The number of piperidine rings is 6. The Labute approximate surface area is 767 Å². The topological polar surface area (TPSA) is 716 Å². The van der Waals surface area contributed by atoms with Gasteiger partial charge in [0.25, 0.3) is 51.0 Å². The summed E-state index contributed by atoms with van der Waals surface area (Å²) in [4.78, 5) is 74.3. The van der Waals surface area contributed by atoms with Crippen LogP contribution >= 0.6 is 0 Å². The van der Waals surface area contributed by atoms with Gasteiger partial charge in [-0.25, -0.2) is 0 Å². The van der Waals surface area contributed by atoms with Gasteiger partial charge in [0.2, 0.25) is 0 Å². The van der Waals surface area contributed by atoms with Crippen LogP contribution in [0.1, 0.15) is 135 Å². The second-order valence-electron chi connectivity index (χ2n) is 36.4. The Balaban J connectivity index is 0.000000249. The van der Waals surface area contributed by atoms with Crippen molar-refractivity contribution in [1.82, 2.24) is 48.0 Å². The smallest absolute Gasteiger partial charge is 0.451 e. The molecule has 2 aliphatic carbocycles. The van der Waals surface area contributed by atoms with Gasteiger partial charge in [0, 0.05) is 167 Å². The Kier molecular flexibility index (Phi) is 45.2. The molecule has 0 aromatic rings. The van der Waals surface area contributed by atoms with Gasteiger partial charge in [0.15, 0.2) is 0 Å². The standard InChI is InChI=1S/2C14H25BF3N3O6S.C14H28BN3O4S.C13H26BN3O4S.C12H25BN4O4S.3CO2/c16-14(17,18)11-4-2-6-20(8-11)28(26,27)21-7-10(3-1-5-15(24)25)13(19,9-21)12(22)23;16-14(17,18)11-5-1-2-7-21(11)28(26,27)20-8-10(4-3-6-15(24)25)13(19,9-20)12(22)23;16-14-10-17(9-12(14)2-1-7-15(19)20)23(21,22)18-8-11-3-5-13(18)6-4-11;15-13-9-17(8-12(13)2-1-3-14(18)19)22(20,21)16-6-10-4-11(5-10)7-16;14-12-9-16(6-10(12)2-1-3-13(18)19)22(20,21)17-5-4-15-7-11(17)8-15;3*2-1-3/h2*10-11,24-25H,1-9,19H2,(H,22,23);11-14,19-20H,1-10,16H2;10-13,18-19H,1-9,15H2;10-12,18-19H,1-9,14H2;;;/t2*10-,11?,13-;11?,12-,13?,14-;10?,11?,12-,13-;10-,12-;;;/m00000.../s1. The van der Waals surface area contributed by atoms with E-state index in [0.29, 0.717) is 130 Å². The van der Waals surface area contributed by atoms with Gasteiger partial charge in [-0.15, -0.1) is 0 Å². The Bertz CT molecular complexity index is 4320. The largest absolute Gasteiger partial charge is 0.480 e. The summed E-state index contributed by atoms with van der Waals surface area (Å²) in [6.45, 7) is 4.68. The number of alkyl halides is 6. The van der Waals surface area contributed by atoms with E-state index in [9.17, 15) is 88.2 Å². The Morgan fingerprint density at radius 2 is 0.712 bits per heavy atom. The summed E-state index contributed by atoms with van der Waals surface area (Å²) in [5.41, 5.74) is 26.4. The van der Waals surface area contributed by atoms with Crippen LogP contribution in [0.25, 0.3) is 0 Å². The number of halogens is 6. The minimum atomic E-state index is -4.73. The number of carboxylic acids is 2. The number of aliphatic carboxylic acids is 2. The summed E-state index contributed by atoms with van der Waals surface area (Å²) in [7, 11) is -26.2. The van der Waals surface area contributed by atoms with E-state index in [1.807, 2.05) is 0 Å². The number of nitrogens with two attached hydrogens (primary N) is 5. The Hall–Kier alpha value is -4.31. The van der Waals surface area contributed by atoms with Crippen LogP contribution in [0.5, 0.6) is 0 Å². The summed E-state index contributed by atoms with van der Waals surface area (Å²) < 4.78 is 220. The van der Waals surface area contributed by atoms with Crippen LogP contribution in [0.4, 0.5) is 26.3 Å². The predicted octanol–water partition coefficient (Wildman–Crippen LogP) is -6.22. The molecule has 14 aliphatic heterocycles. The average molecular weight is 2000 g/mol. The van der Waals surface area contributed by atoms with E-state index in [1.165, 1.54) is 21.5 Å². The lowest BCUT2D eigenvalue weighted by Gasteiger charge is -2.51. The monoisotopic (exact) mass is 2000 g/mol. The molecule has 16 fully saturated rings. The van der Waals surface area contributed by atoms with Crippen LogP contribution in [0.2, 0.25) is 31.6 Å². The number of hydrogen-bond donors (Lipinski definition) is 17. The van der Waals surface area contributed by atoms with Gasteiger partial charge in [-0.2, -0.15) is 140 Å². The second-order valence-corrected chi connectivity index (χ2v) is 45.9. The van der Waals surface area contributed by atoms with Crippen LogP contribution in [-0.4, -0.2) is 407 Å². The van der Waals surface area contributed by atoms with Gasteiger partial charge < -0.3 is 89.1 Å². The highest BCUT2D eigenvalue weighted by Gasteiger charge is 2.59. The third-order valence-corrected chi connectivity index (χ3v) is 37.0. The van der Waals surface area contributed by atoms with Crippen molar-refractivity contribution in [3.8, 4) is 0 Å². The van der Waals surface area contributed by atoms with Crippen LogP contribution < -0.4 is 28.7 Å². The molecule has 16 aliphatic rings. The fourth-order valence-corrected chi connectivity index (χ4v) is 29.3. The second kappa shape index (κ2) is 51.2. The summed E-state index contributed by atoms with van der Waals surface area (Å²) in [5.74, 6) is -4.38. The molecule has 2 saturated carbocycles. The van der Waals surface area contributed by atoms with Crippen molar-refractivity contribution in [1.29, 1.82) is 0 Å². The highest BCUT2D eigenvalue weighted by atomic mass is 32.2. The zero-order valence-electron chi connectivity index (χ0n) is 73.4. The van der Waals surface area contributed by atoms with Gasteiger partial charge in [-0.3, -0.25) is 14.5 Å². The SMILES string of the molecule is N[C@@]1(C(=O)O)CN(S(=O)(=O)N2CCCC(C(F)(F)F)C2)C[C@@H]1CCCB(O)O.N[C@@]1(C(=O)O)CN(S(=O)(=O)N2CCCCC2C(F)(F)F)C[C@@H]1CCCB(O)O.N[C@H]1CN(S(=O)(=O)N2CC3CC(C3)C2)C[C@@H]1CCCB(O)O.N[C@H]1CN(S(=O)(=O)N2CC3CCC2CC3)C[C@@H]1CCCB(O)O.N[C@H]1CN(S(=O)(=O)N2CCN3CC2C3)C[C@@H]1CCCB(O)O.O=C=O.O=C=O.O=C=O. The number of rotatable bonds is 32. The molecular formula is C70H129B5F6N16O30S5. The highest BCUT2D eigenvalue weighted by Crippen LogP contribution is 2.45. The van der Waals surface area contributed by atoms with Gasteiger partial charge in [-0.1, -0.05) is 38.5 Å². The van der Waals surface area contributed by atoms with Crippen molar-refractivity contribution in [2.24, 2.45) is 81.9 Å². The van der Waals surface area contributed by atoms with E-state index in [2.05, 4.69) is 4.90 Å². The summed E-state index contributed by atoms with van der Waals surface area (Å²) in [6, 6.07) is -2.35. The molecule has 2 unspecified atom stereocenters. The van der Waals surface area contributed by atoms with E-state index in [-0.39, 0.29) is 163 Å². The minimum absolute atomic E-state index is 0.0294. The molecule has 62 heteroatoms. The van der Waals surface area contributed by atoms with Gasteiger partial charge in [0.05, 0.1) is 12.0 Å². The van der Waals surface area contributed by atoms with Crippen molar-refractivity contribution < 1.29 is 167 Å². The van der Waals surface area contributed by atoms with Crippen LogP contribution in [0.15, 0.2) is 0 Å². The van der Waals surface area contributed by atoms with Gasteiger partial charge >= 0.3 is 78.3 Å². The van der Waals surface area contributed by atoms with Gasteiger partial charge in [-0.05, 0) is 163 Å². The zero-order valence-corrected chi connectivity index (χ0v) is 77.5. The van der Waals surface area contributed by atoms with E-state index >= 15 is 0 Å². The van der Waals surface area contributed by atoms with Crippen molar-refractivity contribution in [3.63, 3.8) is 0 Å². The quantitative estimate of drug-likeness (QED) is 0.0220. The molecule has 46 nitrogen and oxygen atoms in total. The molecule has 6 bridgehead atoms. The zero-order chi connectivity index (χ0) is 99.2. The summed E-state index contributed by atoms with van der Waals surface area (Å²) in [6.07, 6.45) is 3.84. The Morgan fingerprint density at radius 3 is 1.06 bits per heavy atom. The molecule has 14 saturated heterocycles. The fourth-order valence-electron chi connectivity index (χ4n) is 19.8. The number of carbonyl (C=O) groups is 2. The molecule has 0 amide bonds. The number of carbonyl (C=O) groups excluding carboxylic acids is 6. The highest BCUT2D eigenvalue weighted by molar-refractivity contribution is 7.88. The predicted molar refractivity (Wildman–Crippen MR) is 457 cm³/mol. The molecule has 0 aromatic carbocycles. The van der Waals surface area contributed by atoms with E-state index in [1.54, 1.807) is 17.2 Å². The third kappa shape index (κ3) is 31.9. The maximum atomic E-state index is 13.3. The third-order valence-electron chi connectivity index (χ3n) is 27.2. The average Bonchev–Trinajstić information content (AvgIpc) is 0.857. The Morgan fingerprint density at radius 1 is 0.356 bits per heavy atom. The van der Waals surface area contributed by atoms with Crippen LogP contribution in [0.3, 0.4) is 0 Å².